The summed E-state index contributed by atoms with van der Waals surface area (Å²) in [7, 11) is 0. The number of aromatic carboxylic acids is 1. The van der Waals surface area contributed by atoms with E-state index >= 15 is 0 Å². The Bertz CT molecular complexity index is 1110. The van der Waals surface area contributed by atoms with Gasteiger partial charge in [-0.2, -0.15) is 0 Å². The molecular formula is C23H24BrN3O3. The number of carbonyl (C=O) groups is 2. The fourth-order valence-corrected chi connectivity index (χ4v) is 4.82. The number of carbonyl (C=O) groups excluding carboxylic acids is 1. The van der Waals surface area contributed by atoms with Gasteiger partial charge in [0.05, 0.1) is 22.5 Å². The van der Waals surface area contributed by atoms with Crippen molar-refractivity contribution >= 4 is 38.7 Å². The molecule has 0 spiro atoms. The summed E-state index contributed by atoms with van der Waals surface area (Å²) in [4.78, 5) is 28.5. The molecule has 1 aliphatic carbocycles. The summed E-state index contributed by atoms with van der Waals surface area (Å²) in [6.07, 6.45) is 7.40. The summed E-state index contributed by atoms with van der Waals surface area (Å²) >= 11 is 3.44. The van der Waals surface area contributed by atoms with Crippen LogP contribution in [0.3, 0.4) is 0 Å². The third kappa shape index (κ3) is 3.62. The molecule has 0 radical (unpaired) electrons. The van der Waals surface area contributed by atoms with Crippen molar-refractivity contribution in [2.45, 2.75) is 51.0 Å². The van der Waals surface area contributed by atoms with E-state index in [0.717, 1.165) is 52.5 Å². The van der Waals surface area contributed by atoms with Crippen molar-refractivity contribution in [1.29, 1.82) is 0 Å². The Morgan fingerprint density at radius 1 is 1.20 bits per heavy atom. The Balaban J connectivity index is 2.09. The van der Waals surface area contributed by atoms with E-state index < -0.39 is 17.9 Å². The van der Waals surface area contributed by atoms with Crippen LogP contribution >= 0.6 is 15.9 Å². The minimum atomic E-state index is -1.00. The molecule has 0 aliphatic heterocycles. The third-order valence-electron chi connectivity index (χ3n) is 6.07. The average Bonchev–Trinajstić information content (AvgIpc) is 3.08. The Labute approximate surface area is 183 Å². The summed E-state index contributed by atoms with van der Waals surface area (Å²) in [5.74, 6) is -1.14. The zero-order chi connectivity index (χ0) is 21.4. The normalized spacial score (nSPS) is 15.9. The highest BCUT2D eigenvalue weighted by molar-refractivity contribution is 9.10. The predicted molar refractivity (Wildman–Crippen MR) is 120 cm³/mol. The summed E-state index contributed by atoms with van der Waals surface area (Å²) in [6.45, 7) is 1.75. The van der Waals surface area contributed by atoms with E-state index in [1.54, 1.807) is 25.3 Å². The molecule has 0 saturated heterocycles. The lowest BCUT2D eigenvalue weighted by Gasteiger charge is -2.24. The van der Waals surface area contributed by atoms with E-state index in [1.807, 2.05) is 22.8 Å². The number of hydrogen-bond acceptors (Lipinski definition) is 3. The van der Waals surface area contributed by atoms with Gasteiger partial charge in [0.2, 0.25) is 5.91 Å². The molecular weight excluding hydrogens is 446 g/mol. The second-order valence-corrected chi connectivity index (χ2v) is 8.86. The molecule has 1 amide bonds. The second kappa shape index (κ2) is 8.22. The van der Waals surface area contributed by atoms with Gasteiger partial charge in [-0.25, -0.2) is 4.79 Å². The predicted octanol–water partition coefficient (Wildman–Crippen LogP) is 5.26. The number of nitrogens with zero attached hydrogens (tertiary/aromatic N) is 2. The highest BCUT2D eigenvalue weighted by atomic mass is 79.9. The van der Waals surface area contributed by atoms with Gasteiger partial charge in [0, 0.05) is 16.1 Å². The Morgan fingerprint density at radius 2 is 1.93 bits per heavy atom. The van der Waals surface area contributed by atoms with Crippen LogP contribution in [-0.4, -0.2) is 26.5 Å². The number of fused-ring (bicyclic) bond motifs is 1. The Kier molecular flexibility index (Phi) is 5.64. The van der Waals surface area contributed by atoms with Gasteiger partial charge in [0.25, 0.3) is 0 Å². The number of hydrogen-bond donors (Lipinski definition) is 2. The molecule has 2 heterocycles. The largest absolute Gasteiger partial charge is 0.478 e. The molecule has 2 aromatic heterocycles. The van der Waals surface area contributed by atoms with Crippen LogP contribution < -0.4 is 5.73 Å². The first-order valence-electron chi connectivity index (χ1n) is 10.2. The van der Waals surface area contributed by atoms with Crippen LogP contribution in [0.15, 0.2) is 41.0 Å². The molecule has 1 fully saturated rings. The number of pyridine rings is 1. The van der Waals surface area contributed by atoms with Crippen LogP contribution in [-0.2, 0) is 4.79 Å². The smallest absolute Gasteiger partial charge is 0.335 e. The van der Waals surface area contributed by atoms with Crippen LogP contribution in [0, 0.1) is 0 Å². The van der Waals surface area contributed by atoms with E-state index in [2.05, 4.69) is 20.9 Å². The number of aromatic nitrogens is 2. The average molecular weight is 470 g/mol. The molecule has 1 aliphatic rings. The lowest BCUT2D eigenvalue weighted by molar-refractivity contribution is -0.120. The number of amides is 1. The van der Waals surface area contributed by atoms with E-state index in [-0.39, 0.29) is 5.56 Å². The van der Waals surface area contributed by atoms with Crippen molar-refractivity contribution in [2.75, 3.05) is 0 Å². The first-order valence-corrected chi connectivity index (χ1v) is 11.0. The molecule has 0 bridgehead atoms. The fourth-order valence-electron chi connectivity index (χ4n) is 4.58. The Hall–Kier alpha value is -2.67. The molecule has 6 nitrogen and oxygen atoms in total. The first kappa shape index (κ1) is 20.6. The van der Waals surface area contributed by atoms with Crippen LogP contribution in [0.4, 0.5) is 0 Å². The highest BCUT2D eigenvalue weighted by Crippen LogP contribution is 2.45. The standard InChI is InChI=1S/C23H24BrN3O3/c1-13(22(25)28)27-19-11-15(23(29)30)7-9-17(19)20(14-5-3-2-4-6-14)21(27)18-10-8-16(24)12-26-18/h7-14H,2-6H2,1H3,(H2,25,28)(H,29,30). The molecule has 1 atom stereocenters. The summed E-state index contributed by atoms with van der Waals surface area (Å²) in [6, 6.07) is 8.35. The second-order valence-electron chi connectivity index (χ2n) is 7.94. The maximum atomic E-state index is 12.2. The number of rotatable bonds is 5. The van der Waals surface area contributed by atoms with Gasteiger partial charge in [0.15, 0.2) is 0 Å². The lowest BCUT2D eigenvalue weighted by Crippen LogP contribution is -2.24. The number of halogens is 1. The SMILES string of the molecule is CC(C(N)=O)n1c(-c2ccc(Br)cn2)c(C2CCCCC2)c2ccc(C(=O)O)cc21. The number of carboxylic acids is 1. The number of carboxylic acid groups (broad SMARTS) is 1. The van der Waals surface area contributed by atoms with Crippen molar-refractivity contribution in [1.82, 2.24) is 9.55 Å². The maximum Gasteiger partial charge on any atom is 0.335 e. The van der Waals surface area contributed by atoms with Gasteiger partial charge >= 0.3 is 5.97 Å². The van der Waals surface area contributed by atoms with Gasteiger partial charge in [-0.15, -0.1) is 0 Å². The zero-order valence-electron chi connectivity index (χ0n) is 16.8. The highest BCUT2D eigenvalue weighted by Gasteiger charge is 2.30. The molecule has 1 unspecified atom stereocenters. The minimum absolute atomic E-state index is 0.184. The summed E-state index contributed by atoms with van der Waals surface area (Å²) in [5.41, 5.74) is 9.36. The van der Waals surface area contributed by atoms with Gasteiger partial charge in [-0.1, -0.05) is 25.3 Å². The molecule has 3 aromatic rings. The molecule has 3 N–H and O–H groups in total. The van der Waals surface area contributed by atoms with Gasteiger partial charge < -0.3 is 15.4 Å². The molecule has 1 aromatic carbocycles. The van der Waals surface area contributed by atoms with Crippen LogP contribution in [0.2, 0.25) is 0 Å². The topological polar surface area (TPSA) is 98.2 Å². The van der Waals surface area contributed by atoms with Crippen molar-refractivity contribution in [2.24, 2.45) is 5.73 Å². The van der Waals surface area contributed by atoms with Crippen LogP contribution in [0.25, 0.3) is 22.3 Å². The van der Waals surface area contributed by atoms with Gasteiger partial charge in [0.1, 0.15) is 6.04 Å². The van der Waals surface area contributed by atoms with Crippen molar-refractivity contribution in [3.63, 3.8) is 0 Å². The third-order valence-corrected chi connectivity index (χ3v) is 6.54. The molecule has 1 saturated carbocycles. The number of benzene rings is 1. The summed E-state index contributed by atoms with van der Waals surface area (Å²) < 4.78 is 2.74. The Morgan fingerprint density at radius 3 is 2.53 bits per heavy atom. The van der Waals surface area contributed by atoms with E-state index in [1.165, 1.54) is 6.42 Å². The van der Waals surface area contributed by atoms with Crippen molar-refractivity contribution in [3.8, 4) is 11.4 Å². The van der Waals surface area contributed by atoms with E-state index in [4.69, 9.17) is 5.73 Å². The van der Waals surface area contributed by atoms with Crippen molar-refractivity contribution in [3.05, 3.63) is 52.1 Å². The minimum Gasteiger partial charge on any atom is -0.478 e. The van der Waals surface area contributed by atoms with Crippen LogP contribution in [0.1, 0.15) is 66.9 Å². The quantitative estimate of drug-likeness (QED) is 0.532. The maximum absolute atomic E-state index is 12.2. The van der Waals surface area contributed by atoms with Crippen LogP contribution in [0.5, 0.6) is 0 Å². The van der Waals surface area contributed by atoms with Crippen molar-refractivity contribution < 1.29 is 14.7 Å². The van der Waals surface area contributed by atoms with Gasteiger partial charge in [-0.05, 0) is 71.4 Å². The first-order chi connectivity index (χ1) is 14.4. The fraction of sp³-hybridized carbons (Fsp3) is 0.348. The number of primary amides is 1. The van der Waals surface area contributed by atoms with E-state index in [0.29, 0.717) is 11.4 Å². The lowest BCUT2D eigenvalue weighted by atomic mass is 9.82. The zero-order valence-corrected chi connectivity index (χ0v) is 18.4. The monoisotopic (exact) mass is 469 g/mol. The van der Waals surface area contributed by atoms with E-state index in [9.17, 15) is 14.7 Å². The summed E-state index contributed by atoms with van der Waals surface area (Å²) in [5, 5.41) is 10.5. The molecule has 7 heteroatoms. The number of nitrogens with two attached hydrogens (primary N) is 1. The molecule has 156 valence electrons. The van der Waals surface area contributed by atoms with Gasteiger partial charge in [-0.3, -0.25) is 9.78 Å². The molecule has 4 rings (SSSR count). The molecule has 30 heavy (non-hydrogen) atoms.